The summed E-state index contributed by atoms with van der Waals surface area (Å²) < 4.78 is 4.12. The van der Waals surface area contributed by atoms with Gasteiger partial charge in [0.2, 0.25) is 0 Å². The maximum absolute atomic E-state index is 10.2. The summed E-state index contributed by atoms with van der Waals surface area (Å²) >= 11 is 1.63. The predicted octanol–water partition coefficient (Wildman–Crippen LogP) is -0.337. The van der Waals surface area contributed by atoms with Crippen molar-refractivity contribution in [1.29, 1.82) is 0 Å². The Kier molecular flexibility index (Phi) is 3.58. The summed E-state index contributed by atoms with van der Waals surface area (Å²) in [6, 6.07) is 0. The van der Waals surface area contributed by atoms with Crippen LogP contribution < -0.4 is 0 Å². The number of ether oxygens (including phenoxy) is 1. The SMILES string of the molecule is [Li][CH2]C(=O)OC(C)=O. The molecule has 0 unspecified atom stereocenters. The van der Waals surface area contributed by atoms with Crippen LogP contribution in [0.5, 0.6) is 0 Å². The summed E-state index contributed by atoms with van der Waals surface area (Å²) in [5.41, 5.74) is 0. The molecule has 0 amide bonds. The first-order valence-corrected chi connectivity index (χ1v) is 2.38. The van der Waals surface area contributed by atoms with Crippen LogP contribution in [0.1, 0.15) is 6.92 Å². The van der Waals surface area contributed by atoms with E-state index in [0.717, 1.165) is 0 Å². The maximum atomic E-state index is 10.2. The molecule has 0 aromatic heterocycles. The Morgan fingerprint density at radius 2 is 2.12 bits per heavy atom. The first kappa shape index (κ1) is 7.74. The molecule has 0 radical (unpaired) electrons. The van der Waals surface area contributed by atoms with Crippen molar-refractivity contribution >= 4 is 29.7 Å². The first-order valence-electron chi connectivity index (χ1n) is 2.38. The average Bonchev–Trinajstić information content (AvgIpc) is 1.65. The van der Waals surface area contributed by atoms with E-state index in [1.807, 2.05) is 0 Å². The van der Waals surface area contributed by atoms with Crippen molar-refractivity contribution < 1.29 is 14.3 Å². The van der Waals surface area contributed by atoms with Crippen molar-refractivity contribution in [3.8, 4) is 0 Å². The van der Waals surface area contributed by atoms with Gasteiger partial charge in [-0.15, -0.1) is 0 Å². The first-order chi connectivity index (χ1) is 3.66. The third kappa shape index (κ3) is 3.91. The molecule has 0 spiro atoms. The molecule has 0 bridgehead atoms. The number of rotatable bonds is 1. The van der Waals surface area contributed by atoms with Gasteiger partial charge >= 0.3 is 56.0 Å². The third-order valence-corrected chi connectivity index (χ3v) is 0.546. The van der Waals surface area contributed by atoms with E-state index in [2.05, 4.69) is 4.74 Å². The van der Waals surface area contributed by atoms with Gasteiger partial charge in [0, 0.05) is 0 Å². The van der Waals surface area contributed by atoms with E-state index in [1.54, 1.807) is 17.7 Å². The molecule has 0 fully saturated rings. The quantitative estimate of drug-likeness (QED) is 0.262. The summed E-state index contributed by atoms with van der Waals surface area (Å²) in [6.45, 7) is 1.20. The van der Waals surface area contributed by atoms with Gasteiger partial charge in [-0.3, -0.25) is 0 Å². The second-order valence-electron chi connectivity index (χ2n) is 1.32. The molecule has 4 heteroatoms. The topological polar surface area (TPSA) is 43.4 Å². The molecule has 0 atom stereocenters. The van der Waals surface area contributed by atoms with Crippen LogP contribution in [-0.4, -0.2) is 29.7 Å². The zero-order valence-corrected chi connectivity index (χ0v) is 4.93. The predicted molar refractivity (Wildman–Crippen MR) is 27.3 cm³/mol. The molecule has 0 aliphatic carbocycles. The average molecular weight is 108 g/mol. The van der Waals surface area contributed by atoms with Crippen molar-refractivity contribution in [3.05, 3.63) is 0 Å². The second kappa shape index (κ2) is 3.70. The molecular weight excluding hydrogens is 103 g/mol. The van der Waals surface area contributed by atoms with E-state index in [-0.39, 0.29) is 5.09 Å². The number of esters is 2. The number of carbonyl (C=O) groups excluding carboxylic acids is 2. The zero-order chi connectivity index (χ0) is 6.57. The van der Waals surface area contributed by atoms with Gasteiger partial charge in [-0.2, -0.15) is 0 Å². The van der Waals surface area contributed by atoms with E-state index in [0.29, 0.717) is 0 Å². The standard InChI is InChI=1S/C4H5O3.Li/c1-3(5)7-4(2)6;/h1H2,2H3;. The van der Waals surface area contributed by atoms with Gasteiger partial charge in [-0.25, -0.2) is 0 Å². The van der Waals surface area contributed by atoms with Crippen molar-refractivity contribution in [2.75, 3.05) is 0 Å². The van der Waals surface area contributed by atoms with Crippen LogP contribution in [0.2, 0.25) is 5.09 Å². The molecule has 0 aromatic carbocycles. The fourth-order valence-electron chi connectivity index (χ4n) is 0.232. The van der Waals surface area contributed by atoms with Gasteiger partial charge in [0.05, 0.1) is 0 Å². The van der Waals surface area contributed by atoms with E-state index >= 15 is 0 Å². The van der Waals surface area contributed by atoms with E-state index in [1.165, 1.54) is 6.92 Å². The van der Waals surface area contributed by atoms with Crippen LogP contribution in [0, 0.1) is 0 Å². The fourth-order valence-corrected chi connectivity index (χ4v) is 0.232. The molecule has 3 nitrogen and oxygen atoms in total. The zero-order valence-electron chi connectivity index (χ0n) is 4.93. The minimum absolute atomic E-state index is 0.250. The number of carbonyl (C=O) groups is 2. The van der Waals surface area contributed by atoms with E-state index in [9.17, 15) is 9.59 Å². The van der Waals surface area contributed by atoms with Crippen LogP contribution >= 0.6 is 0 Å². The Hall–Kier alpha value is -0.263. The third-order valence-electron chi connectivity index (χ3n) is 0.546. The van der Waals surface area contributed by atoms with Crippen molar-refractivity contribution in [1.82, 2.24) is 0 Å². The Labute approximate surface area is 56.6 Å². The van der Waals surface area contributed by atoms with Crippen LogP contribution in [0.15, 0.2) is 0 Å². The molecule has 0 heterocycles. The van der Waals surface area contributed by atoms with Gasteiger partial charge in [0.1, 0.15) is 0 Å². The molecule has 0 aromatic rings. The molecule has 40 valence electrons. The Balaban J connectivity index is 3.40. The Morgan fingerprint density at radius 3 is 2.25 bits per heavy atom. The molecule has 8 heavy (non-hydrogen) atoms. The van der Waals surface area contributed by atoms with Crippen molar-refractivity contribution in [2.45, 2.75) is 12.0 Å². The minimum atomic E-state index is -0.545. The Morgan fingerprint density at radius 1 is 1.62 bits per heavy atom. The van der Waals surface area contributed by atoms with Crippen molar-refractivity contribution in [2.24, 2.45) is 0 Å². The molecule has 0 aliphatic rings. The van der Waals surface area contributed by atoms with Crippen molar-refractivity contribution in [3.63, 3.8) is 0 Å². The molecule has 0 N–H and O–H groups in total. The van der Waals surface area contributed by atoms with Crippen LogP contribution in [0.3, 0.4) is 0 Å². The van der Waals surface area contributed by atoms with E-state index < -0.39 is 11.9 Å². The van der Waals surface area contributed by atoms with Crippen LogP contribution in [0.4, 0.5) is 0 Å². The van der Waals surface area contributed by atoms with Gasteiger partial charge < -0.3 is 0 Å². The molecule has 0 saturated heterocycles. The normalized spacial score (nSPS) is 8.38. The molecular formula is C4H5LiO3. The van der Waals surface area contributed by atoms with Gasteiger partial charge in [-0.05, 0) is 0 Å². The number of hydrogen-bond donors (Lipinski definition) is 0. The molecule has 0 aliphatic heterocycles. The van der Waals surface area contributed by atoms with E-state index in [4.69, 9.17) is 0 Å². The Bertz CT molecular complexity index is 110. The fraction of sp³-hybridized carbons (Fsp3) is 0.500. The summed E-state index contributed by atoms with van der Waals surface area (Å²) in [7, 11) is 0. The molecule has 0 saturated carbocycles. The monoisotopic (exact) mass is 108 g/mol. The summed E-state index contributed by atoms with van der Waals surface area (Å²) in [4.78, 5) is 20.1. The summed E-state index contributed by atoms with van der Waals surface area (Å²) in [5, 5.41) is 0.250. The van der Waals surface area contributed by atoms with Crippen LogP contribution in [0.25, 0.3) is 0 Å². The summed E-state index contributed by atoms with van der Waals surface area (Å²) in [5.74, 6) is -1.02. The summed E-state index contributed by atoms with van der Waals surface area (Å²) in [6.07, 6.45) is 0. The van der Waals surface area contributed by atoms with Gasteiger partial charge in [0.15, 0.2) is 0 Å². The van der Waals surface area contributed by atoms with Gasteiger partial charge in [-0.1, -0.05) is 0 Å². The van der Waals surface area contributed by atoms with Crippen LogP contribution in [-0.2, 0) is 14.3 Å². The van der Waals surface area contributed by atoms with Gasteiger partial charge in [0.25, 0.3) is 0 Å². The number of hydrogen-bond acceptors (Lipinski definition) is 3. The second-order valence-corrected chi connectivity index (χ2v) is 1.32. The molecule has 0 rings (SSSR count).